The number of hydrogen-bond donors (Lipinski definition) is 2. The highest BCUT2D eigenvalue weighted by Crippen LogP contribution is 2.29. The number of aromatic nitrogens is 3. The Hall–Kier alpha value is -3.97. The van der Waals surface area contributed by atoms with Crippen molar-refractivity contribution in [2.75, 3.05) is 81.4 Å². The van der Waals surface area contributed by atoms with Gasteiger partial charge in [0.1, 0.15) is 5.82 Å². The number of anilines is 3. The van der Waals surface area contributed by atoms with Crippen molar-refractivity contribution in [2.45, 2.75) is 31.7 Å². The number of benzene rings is 2. The molecule has 232 valence electrons. The summed E-state index contributed by atoms with van der Waals surface area (Å²) >= 11 is 0. The average molecular weight is 602 g/mol. The number of nitrogens with zero attached hydrogens (tertiary/aromatic N) is 5. The Labute approximate surface area is 257 Å². The quantitative estimate of drug-likeness (QED) is 0.368. The molecule has 0 saturated carbocycles. The third kappa shape index (κ3) is 7.56. The van der Waals surface area contributed by atoms with Crippen molar-refractivity contribution in [1.82, 2.24) is 19.9 Å². The van der Waals surface area contributed by atoms with Crippen LogP contribution in [0.1, 0.15) is 41.9 Å². The van der Waals surface area contributed by atoms with E-state index in [-0.39, 0.29) is 23.8 Å². The molecule has 6 rings (SSSR count). The molecule has 1 atom stereocenters. The van der Waals surface area contributed by atoms with Gasteiger partial charge in [0.15, 0.2) is 11.6 Å². The fourth-order valence-electron chi connectivity index (χ4n) is 5.59. The van der Waals surface area contributed by atoms with Crippen LogP contribution in [0.2, 0.25) is 0 Å². The topological polar surface area (TPSA) is 131 Å². The molecule has 3 aliphatic heterocycles. The number of nitrogens with one attached hydrogen (secondary N) is 2. The summed E-state index contributed by atoms with van der Waals surface area (Å²) in [4.78, 5) is 44.3. The van der Waals surface area contributed by atoms with Crippen molar-refractivity contribution < 1.29 is 23.8 Å². The highest BCUT2D eigenvalue weighted by Gasteiger charge is 2.26. The molecule has 4 heterocycles. The van der Waals surface area contributed by atoms with Crippen molar-refractivity contribution in [3.63, 3.8) is 0 Å². The minimum absolute atomic E-state index is 0.0487. The van der Waals surface area contributed by atoms with Crippen LogP contribution >= 0.6 is 0 Å². The molecular weight excluding hydrogens is 562 g/mol. The van der Waals surface area contributed by atoms with Gasteiger partial charge in [0, 0.05) is 61.3 Å². The third-order valence-corrected chi connectivity index (χ3v) is 8.19. The van der Waals surface area contributed by atoms with Crippen molar-refractivity contribution in [3.05, 3.63) is 59.9 Å². The fraction of sp³-hybridized carbons (Fsp3) is 0.469. The second-order valence-electron chi connectivity index (χ2n) is 11.4. The molecule has 2 N–H and O–H groups in total. The van der Waals surface area contributed by atoms with Crippen LogP contribution < -0.4 is 15.5 Å². The molecule has 3 aromatic rings. The minimum atomic E-state index is -0.379. The van der Waals surface area contributed by atoms with Crippen molar-refractivity contribution in [3.8, 4) is 11.4 Å². The fourth-order valence-corrected chi connectivity index (χ4v) is 5.59. The van der Waals surface area contributed by atoms with E-state index < -0.39 is 0 Å². The summed E-state index contributed by atoms with van der Waals surface area (Å²) in [7, 11) is 0. The molecule has 2 aromatic carbocycles. The Kier molecular flexibility index (Phi) is 9.71. The number of ketones is 1. The van der Waals surface area contributed by atoms with E-state index in [2.05, 4.69) is 27.4 Å². The molecule has 3 aliphatic rings. The van der Waals surface area contributed by atoms with E-state index in [0.717, 1.165) is 43.9 Å². The molecule has 44 heavy (non-hydrogen) atoms. The first-order valence-corrected chi connectivity index (χ1v) is 15.3. The number of carbonyl (C=O) groups is 2. The van der Waals surface area contributed by atoms with Crippen LogP contribution in [-0.4, -0.2) is 104 Å². The first-order chi connectivity index (χ1) is 21.5. The molecule has 0 bridgehead atoms. The Morgan fingerprint density at radius 1 is 0.795 bits per heavy atom. The van der Waals surface area contributed by atoms with Crippen LogP contribution in [0, 0.1) is 0 Å². The SMILES string of the molecule is CC1COCCN1c1nc(-c2ccc(NC(=O)Nc3ccc(C(=O)CN4CCOCC4)cc3)cc2)nc(C2CCOCC2)n1. The average Bonchev–Trinajstić information content (AvgIpc) is 3.06. The van der Waals surface area contributed by atoms with Crippen LogP contribution in [0.15, 0.2) is 48.5 Å². The molecule has 0 spiro atoms. The number of morpholine rings is 2. The lowest BCUT2D eigenvalue weighted by Gasteiger charge is -2.34. The van der Waals surface area contributed by atoms with Gasteiger partial charge in [-0.05, 0) is 68.3 Å². The summed E-state index contributed by atoms with van der Waals surface area (Å²) in [5, 5.41) is 5.70. The summed E-state index contributed by atoms with van der Waals surface area (Å²) < 4.78 is 16.5. The van der Waals surface area contributed by atoms with E-state index in [9.17, 15) is 9.59 Å². The standard InChI is InChI=1S/C32H39N7O5/c1-22-21-44-19-14-39(22)31-36-29(35-30(37-31)25-10-15-42-16-11-25)24-4-8-27(9-5-24)34-32(41)33-26-6-2-23(3-7-26)28(40)20-38-12-17-43-18-13-38/h2-9,22,25H,10-21H2,1H3,(H2,33,34,41). The van der Waals surface area contributed by atoms with Gasteiger partial charge in [-0.15, -0.1) is 0 Å². The Morgan fingerprint density at radius 2 is 1.43 bits per heavy atom. The van der Waals surface area contributed by atoms with Crippen molar-refractivity contribution in [1.29, 1.82) is 0 Å². The predicted octanol–water partition coefficient (Wildman–Crippen LogP) is 3.82. The van der Waals surface area contributed by atoms with E-state index in [1.807, 2.05) is 24.3 Å². The smallest absolute Gasteiger partial charge is 0.323 e. The molecule has 2 amide bonds. The van der Waals surface area contributed by atoms with E-state index >= 15 is 0 Å². The Morgan fingerprint density at radius 3 is 2.11 bits per heavy atom. The van der Waals surface area contributed by atoms with E-state index in [1.54, 1.807) is 24.3 Å². The molecule has 3 fully saturated rings. The van der Waals surface area contributed by atoms with Gasteiger partial charge in [0.25, 0.3) is 0 Å². The van der Waals surface area contributed by atoms with Crippen LogP contribution in [0.4, 0.5) is 22.1 Å². The normalized spacial score (nSPS) is 19.8. The summed E-state index contributed by atoms with van der Waals surface area (Å²) in [5.41, 5.74) is 2.68. The maximum absolute atomic E-state index is 12.7. The predicted molar refractivity (Wildman–Crippen MR) is 166 cm³/mol. The zero-order valence-electron chi connectivity index (χ0n) is 25.0. The first kappa shape index (κ1) is 30.1. The van der Waals surface area contributed by atoms with Gasteiger partial charge >= 0.3 is 6.03 Å². The third-order valence-electron chi connectivity index (χ3n) is 8.19. The second kappa shape index (κ2) is 14.2. The Bertz CT molecular complexity index is 1420. The summed E-state index contributed by atoms with van der Waals surface area (Å²) in [6, 6.07) is 14.2. The van der Waals surface area contributed by atoms with E-state index in [4.69, 9.17) is 29.2 Å². The first-order valence-electron chi connectivity index (χ1n) is 15.3. The van der Waals surface area contributed by atoms with Crippen LogP contribution in [0.5, 0.6) is 0 Å². The molecule has 1 unspecified atom stereocenters. The molecule has 3 saturated heterocycles. The molecule has 0 radical (unpaired) electrons. The minimum Gasteiger partial charge on any atom is -0.381 e. The molecule has 12 heteroatoms. The van der Waals surface area contributed by atoms with Crippen LogP contribution in [0.3, 0.4) is 0 Å². The molecule has 0 aliphatic carbocycles. The second-order valence-corrected chi connectivity index (χ2v) is 11.4. The lowest BCUT2D eigenvalue weighted by Crippen LogP contribution is -2.44. The van der Waals surface area contributed by atoms with Gasteiger partial charge in [-0.1, -0.05) is 0 Å². The zero-order chi connectivity index (χ0) is 30.3. The summed E-state index contributed by atoms with van der Waals surface area (Å²) in [6.45, 7) is 8.70. The van der Waals surface area contributed by atoms with Gasteiger partial charge in [-0.25, -0.2) is 9.78 Å². The van der Waals surface area contributed by atoms with Crippen molar-refractivity contribution in [2.24, 2.45) is 0 Å². The van der Waals surface area contributed by atoms with Crippen molar-refractivity contribution >= 4 is 29.1 Å². The number of hydrogen-bond acceptors (Lipinski definition) is 10. The maximum atomic E-state index is 12.7. The lowest BCUT2D eigenvalue weighted by atomic mass is 9.99. The lowest BCUT2D eigenvalue weighted by molar-refractivity contribution is 0.0371. The number of urea groups is 1. The van der Waals surface area contributed by atoms with Gasteiger partial charge in [0.2, 0.25) is 5.95 Å². The van der Waals surface area contributed by atoms with Crippen LogP contribution in [0.25, 0.3) is 11.4 Å². The number of carbonyl (C=O) groups excluding carboxylic acids is 2. The zero-order valence-corrected chi connectivity index (χ0v) is 25.0. The number of Topliss-reactive ketones (excluding diaryl/α,β-unsaturated/α-hetero) is 1. The summed E-state index contributed by atoms with van der Waals surface area (Å²) in [5.74, 6) is 2.34. The monoisotopic (exact) mass is 601 g/mol. The summed E-state index contributed by atoms with van der Waals surface area (Å²) in [6.07, 6.45) is 1.76. The Balaban J connectivity index is 1.10. The number of rotatable bonds is 8. The molecular formula is C32H39N7O5. The van der Waals surface area contributed by atoms with Gasteiger partial charge in [-0.2, -0.15) is 9.97 Å². The molecule has 1 aromatic heterocycles. The molecule has 12 nitrogen and oxygen atoms in total. The number of ether oxygens (including phenoxy) is 3. The van der Waals surface area contributed by atoms with Crippen LogP contribution in [-0.2, 0) is 14.2 Å². The highest BCUT2D eigenvalue weighted by atomic mass is 16.5. The number of amides is 2. The van der Waals surface area contributed by atoms with Gasteiger partial charge in [-0.3, -0.25) is 9.69 Å². The van der Waals surface area contributed by atoms with E-state index in [1.165, 1.54) is 0 Å². The van der Waals surface area contributed by atoms with Gasteiger partial charge in [0.05, 0.1) is 39.0 Å². The maximum Gasteiger partial charge on any atom is 0.323 e. The largest absolute Gasteiger partial charge is 0.381 e. The highest BCUT2D eigenvalue weighted by molar-refractivity contribution is 6.01. The van der Waals surface area contributed by atoms with E-state index in [0.29, 0.717) is 74.9 Å². The van der Waals surface area contributed by atoms with Gasteiger partial charge < -0.3 is 29.7 Å².